The summed E-state index contributed by atoms with van der Waals surface area (Å²) in [6.07, 6.45) is -2.88. The molecule has 0 bridgehead atoms. The lowest BCUT2D eigenvalue weighted by Crippen LogP contribution is -2.13. The van der Waals surface area contributed by atoms with Gasteiger partial charge in [-0.3, -0.25) is 0 Å². The average molecular weight is 365 g/mol. The number of nitrogens with one attached hydrogen (secondary N) is 1. The third-order valence-corrected chi connectivity index (χ3v) is 3.90. The first-order valence-electron chi connectivity index (χ1n) is 7.73. The van der Waals surface area contributed by atoms with Gasteiger partial charge in [0.1, 0.15) is 11.6 Å². The fourth-order valence-electron chi connectivity index (χ4n) is 2.55. The number of anilines is 1. The maximum atomic E-state index is 13.1. The van der Waals surface area contributed by atoms with Crippen molar-refractivity contribution in [3.05, 3.63) is 65.4 Å². The van der Waals surface area contributed by atoms with Crippen molar-refractivity contribution in [3.63, 3.8) is 0 Å². The van der Waals surface area contributed by atoms with Gasteiger partial charge in [-0.1, -0.05) is 0 Å². The first-order valence-corrected chi connectivity index (χ1v) is 7.73. The molecule has 0 fully saturated rings. The van der Waals surface area contributed by atoms with E-state index in [2.05, 4.69) is 20.6 Å². The van der Waals surface area contributed by atoms with Gasteiger partial charge in [-0.05, 0) is 50.2 Å². The molecule has 0 aliphatic rings. The summed E-state index contributed by atoms with van der Waals surface area (Å²) >= 11 is 0. The molecule has 0 radical (unpaired) electrons. The molecule has 1 unspecified atom stereocenters. The molecular formula is C17H15F4N5. The van der Waals surface area contributed by atoms with Gasteiger partial charge in [0, 0.05) is 11.3 Å². The van der Waals surface area contributed by atoms with E-state index in [1.807, 2.05) is 13.8 Å². The number of hydrogen-bond acceptors (Lipinski definition) is 4. The summed E-state index contributed by atoms with van der Waals surface area (Å²) in [6, 6.07) is 7.74. The molecule has 0 amide bonds. The third-order valence-electron chi connectivity index (χ3n) is 3.90. The minimum Gasteiger partial charge on any atom is -0.362 e. The third kappa shape index (κ3) is 3.66. The van der Waals surface area contributed by atoms with Crippen molar-refractivity contribution in [3.8, 4) is 5.69 Å². The maximum Gasteiger partial charge on any atom is 0.435 e. The van der Waals surface area contributed by atoms with Gasteiger partial charge in [-0.15, -0.1) is 10.2 Å². The van der Waals surface area contributed by atoms with Crippen molar-refractivity contribution < 1.29 is 17.6 Å². The Bertz CT molecular complexity index is 885. The van der Waals surface area contributed by atoms with E-state index in [4.69, 9.17) is 0 Å². The Labute approximate surface area is 146 Å². The number of aromatic nitrogens is 4. The van der Waals surface area contributed by atoms with Gasteiger partial charge in [0.15, 0.2) is 5.69 Å². The Balaban J connectivity index is 1.78. The fraction of sp³-hybridized carbons (Fsp3) is 0.235. The van der Waals surface area contributed by atoms with Crippen LogP contribution in [-0.2, 0) is 6.18 Å². The lowest BCUT2D eigenvalue weighted by molar-refractivity contribution is -0.141. The lowest BCUT2D eigenvalue weighted by Gasteiger charge is -2.15. The molecule has 1 atom stereocenters. The number of nitrogens with zero attached hydrogens (tertiary/aromatic N) is 4. The van der Waals surface area contributed by atoms with Crippen molar-refractivity contribution in [2.45, 2.75) is 26.1 Å². The number of alkyl halides is 3. The minimum absolute atomic E-state index is 0.222. The standard InChI is InChI=1S/C17H15F4N5/c1-10(23-16-8-7-15(24-25-16)17(19,20)21)14-9-22-26(11(14)2)13-5-3-12(18)4-6-13/h3-10H,1-2H3,(H,23,25). The molecule has 136 valence electrons. The SMILES string of the molecule is Cc1c(C(C)Nc2ccc(C(F)(F)F)nn2)cnn1-c1ccc(F)cc1. The zero-order valence-electron chi connectivity index (χ0n) is 13.9. The number of rotatable bonds is 4. The van der Waals surface area contributed by atoms with Gasteiger partial charge in [-0.25, -0.2) is 9.07 Å². The van der Waals surface area contributed by atoms with Crippen molar-refractivity contribution in [2.75, 3.05) is 5.32 Å². The first kappa shape index (κ1) is 17.8. The van der Waals surface area contributed by atoms with Crippen LogP contribution >= 0.6 is 0 Å². The monoisotopic (exact) mass is 365 g/mol. The van der Waals surface area contributed by atoms with Gasteiger partial charge in [0.2, 0.25) is 0 Å². The van der Waals surface area contributed by atoms with Crippen LogP contribution in [0.1, 0.15) is 29.9 Å². The summed E-state index contributed by atoms with van der Waals surface area (Å²) in [5, 5.41) is 14.0. The first-order chi connectivity index (χ1) is 12.3. The molecule has 9 heteroatoms. The van der Waals surface area contributed by atoms with Gasteiger partial charge >= 0.3 is 6.18 Å². The zero-order valence-corrected chi connectivity index (χ0v) is 13.9. The molecule has 0 saturated carbocycles. The second-order valence-electron chi connectivity index (χ2n) is 5.74. The van der Waals surface area contributed by atoms with Crippen LogP contribution in [0.3, 0.4) is 0 Å². The van der Waals surface area contributed by atoms with Crippen LogP contribution in [0.2, 0.25) is 0 Å². The summed E-state index contributed by atoms with van der Waals surface area (Å²) < 4.78 is 52.3. The molecule has 1 aromatic carbocycles. The Morgan fingerprint density at radius 2 is 1.73 bits per heavy atom. The topological polar surface area (TPSA) is 55.6 Å². The summed E-state index contributed by atoms with van der Waals surface area (Å²) in [7, 11) is 0. The quantitative estimate of drug-likeness (QED) is 0.701. The summed E-state index contributed by atoms with van der Waals surface area (Å²) in [5.74, 6) is -0.117. The number of hydrogen-bond donors (Lipinski definition) is 1. The lowest BCUT2D eigenvalue weighted by atomic mass is 10.1. The van der Waals surface area contributed by atoms with E-state index in [0.717, 1.165) is 17.3 Å². The van der Waals surface area contributed by atoms with Crippen molar-refractivity contribution in [1.29, 1.82) is 0 Å². The Hall–Kier alpha value is -2.97. The molecule has 0 spiro atoms. The van der Waals surface area contributed by atoms with Crippen LogP contribution in [-0.4, -0.2) is 20.0 Å². The normalized spacial score (nSPS) is 12.8. The molecule has 0 saturated heterocycles. The smallest absolute Gasteiger partial charge is 0.362 e. The van der Waals surface area contributed by atoms with Gasteiger partial charge in [0.05, 0.1) is 17.9 Å². The molecular weight excluding hydrogens is 350 g/mol. The van der Waals surface area contributed by atoms with E-state index in [9.17, 15) is 17.6 Å². The molecule has 0 aliphatic heterocycles. The molecule has 26 heavy (non-hydrogen) atoms. The summed E-state index contributed by atoms with van der Waals surface area (Å²) in [5.41, 5.74) is 1.31. The van der Waals surface area contributed by atoms with Gasteiger partial charge in [0.25, 0.3) is 0 Å². The van der Waals surface area contributed by atoms with Crippen LogP contribution in [0.5, 0.6) is 0 Å². The molecule has 3 aromatic rings. The highest BCUT2D eigenvalue weighted by Gasteiger charge is 2.32. The fourth-order valence-corrected chi connectivity index (χ4v) is 2.55. The average Bonchev–Trinajstić information content (AvgIpc) is 2.97. The highest BCUT2D eigenvalue weighted by Crippen LogP contribution is 2.28. The summed E-state index contributed by atoms with van der Waals surface area (Å²) in [6.45, 7) is 3.68. The van der Waals surface area contributed by atoms with Crippen LogP contribution in [0.15, 0.2) is 42.6 Å². The predicted molar refractivity (Wildman–Crippen MR) is 87.3 cm³/mol. The Kier molecular flexibility index (Phi) is 4.62. The van der Waals surface area contributed by atoms with Crippen molar-refractivity contribution in [2.24, 2.45) is 0 Å². The molecule has 1 N–H and O–H groups in total. The van der Waals surface area contributed by atoms with E-state index >= 15 is 0 Å². The highest BCUT2D eigenvalue weighted by atomic mass is 19.4. The molecule has 3 rings (SSSR count). The van der Waals surface area contributed by atoms with Gasteiger partial charge < -0.3 is 5.32 Å². The summed E-state index contributed by atoms with van der Waals surface area (Å²) in [4.78, 5) is 0. The predicted octanol–water partition coefficient (Wildman–Crippen LogP) is 4.30. The minimum atomic E-state index is -4.52. The van der Waals surface area contributed by atoms with Crippen LogP contribution in [0, 0.1) is 12.7 Å². The van der Waals surface area contributed by atoms with E-state index in [-0.39, 0.29) is 17.7 Å². The second-order valence-corrected chi connectivity index (χ2v) is 5.74. The van der Waals surface area contributed by atoms with E-state index in [1.165, 1.54) is 18.2 Å². The number of halogens is 4. The van der Waals surface area contributed by atoms with Crippen molar-refractivity contribution in [1.82, 2.24) is 20.0 Å². The Morgan fingerprint density at radius 3 is 2.31 bits per heavy atom. The van der Waals surface area contributed by atoms with Crippen LogP contribution in [0.25, 0.3) is 5.69 Å². The number of benzene rings is 1. The van der Waals surface area contributed by atoms with Crippen molar-refractivity contribution >= 4 is 5.82 Å². The largest absolute Gasteiger partial charge is 0.435 e. The zero-order chi connectivity index (χ0) is 18.9. The highest BCUT2D eigenvalue weighted by molar-refractivity contribution is 5.40. The molecule has 0 aliphatic carbocycles. The second kappa shape index (κ2) is 6.74. The molecule has 5 nitrogen and oxygen atoms in total. The van der Waals surface area contributed by atoms with E-state index in [0.29, 0.717) is 5.69 Å². The maximum absolute atomic E-state index is 13.1. The van der Waals surface area contributed by atoms with Gasteiger partial charge in [-0.2, -0.15) is 18.3 Å². The molecule has 2 aromatic heterocycles. The van der Waals surface area contributed by atoms with E-state index in [1.54, 1.807) is 23.0 Å². The molecule has 2 heterocycles. The van der Waals surface area contributed by atoms with Crippen LogP contribution in [0.4, 0.5) is 23.4 Å². The Morgan fingerprint density at radius 1 is 1.04 bits per heavy atom. The van der Waals surface area contributed by atoms with Crippen LogP contribution < -0.4 is 5.32 Å². The van der Waals surface area contributed by atoms with E-state index < -0.39 is 11.9 Å².